The first-order valence-electron chi connectivity index (χ1n) is 5.96. The van der Waals surface area contributed by atoms with Crippen molar-refractivity contribution in [3.05, 3.63) is 16.9 Å². The SMILES string of the molecule is Cc1cn2nc(CCNC(=O)C(C)(C)C)sc2n1. The number of nitrogens with zero attached hydrogens (tertiary/aromatic N) is 3. The van der Waals surface area contributed by atoms with E-state index in [1.165, 1.54) is 0 Å². The highest BCUT2D eigenvalue weighted by Gasteiger charge is 2.20. The quantitative estimate of drug-likeness (QED) is 0.921. The maximum atomic E-state index is 11.7. The van der Waals surface area contributed by atoms with E-state index in [9.17, 15) is 4.79 Å². The molecule has 5 nitrogen and oxygen atoms in total. The molecule has 2 aromatic rings. The van der Waals surface area contributed by atoms with E-state index < -0.39 is 0 Å². The fourth-order valence-corrected chi connectivity index (χ4v) is 2.42. The molecule has 1 N–H and O–H groups in total. The van der Waals surface area contributed by atoms with E-state index in [1.54, 1.807) is 15.9 Å². The number of amides is 1. The van der Waals surface area contributed by atoms with Crippen LogP contribution in [0.3, 0.4) is 0 Å². The van der Waals surface area contributed by atoms with Crippen LogP contribution in [0.15, 0.2) is 6.20 Å². The molecule has 0 aliphatic carbocycles. The predicted molar refractivity (Wildman–Crippen MR) is 71.8 cm³/mol. The summed E-state index contributed by atoms with van der Waals surface area (Å²) in [6.07, 6.45) is 2.65. The van der Waals surface area contributed by atoms with Crippen molar-refractivity contribution in [2.45, 2.75) is 34.1 Å². The normalized spacial score (nSPS) is 12.0. The standard InChI is InChI=1S/C12H18N4OS/c1-8-7-16-11(14-8)18-9(15-16)5-6-13-10(17)12(2,3)4/h7H,5-6H2,1-4H3,(H,13,17). The van der Waals surface area contributed by atoms with E-state index in [2.05, 4.69) is 15.4 Å². The van der Waals surface area contributed by atoms with E-state index in [0.29, 0.717) is 6.54 Å². The van der Waals surface area contributed by atoms with Crippen LogP contribution in [0.5, 0.6) is 0 Å². The summed E-state index contributed by atoms with van der Waals surface area (Å²) in [4.78, 5) is 16.9. The molecule has 0 radical (unpaired) electrons. The van der Waals surface area contributed by atoms with Crippen molar-refractivity contribution < 1.29 is 4.79 Å². The molecule has 2 aromatic heterocycles. The first-order valence-corrected chi connectivity index (χ1v) is 6.78. The fourth-order valence-electron chi connectivity index (χ4n) is 1.50. The lowest BCUT2D eigenvalue weighted by Gasteiger charge is -2.17. The molecule has 2 heterocycles. The molecule has 2 rings (SSSR count). The highest BCUT2D eigenvalue weighted by molar-refractivity contribution is 7.16. The number of carbonyl (C=O) groups is 1. The molecule has 0 fully saturated rings. The minimum absolute atomic E-state index is 0.0691. The Labute approximate surface area is 110 Å². The second-order valence-electron chi connectivity index (χ2n) is 5.36. The zero-order valence-corrected chi connectivity index (χ0v) is 12.0. The van der Waals surface area contributed by atoms with Crippen molar-refractivity contribution in [3.63, 3.8) is 0 Å². The van der Waals surface area contributed by atoms with Gasteiger partial charge in [-0.05, 0) is 6.92 Å². The van der Waals surface area contributed by atoms with Crippen molar-refractivity contribution in [1.29, 1.82) is 0 Å². The van der Waals surface area contributed by atoms with Gasteiger partial charge in [0.2, 0.25) is 10.9 Å². The van der Waals surface area contributed by atoms with Crippen molar-refractivity contribution in [2.75, 3.05) is 6.54 Å². The molecule has 6 heteroatoms. The maximum absolute atomic E-state index is 11.7. The Balaban J connectivity index is 1.90. The first kappa shape index (κ1) is 13.0. The number of aromatic nitrogens is 3. The number of nitrogens with one attached hydrogen (secondary N) is 1. The summed E-state index contributed by atoms with van der Waals surface area (Å²) >= 11 is 1.57. The summed E-state index contributed by atoms with van der Waals surface area (Å²) in [5.74, 6) is 0.0691. The summed E-state index contributed by atoms with van der Waals surface area (Å²) in [7, 11) is 0. The molecule has 0 spiro atoms. The topological polar surface area (TPSA) is 59.3 Å². The van der Waals surface area contributed by atoms with Gasteiger partial charge < -0.3 is 5.32 Å². The van der Waals surface area contributed by atoms with Gasteiger partial charge in [-0.15, -0.1) is 0 Å². The van der Waals surface area contributed by atoms with Gasteiger partial charge in [0, 0.05) is 18.4 Å². The highest BCUT2D eigenvalue weighted by Crippen LogP contribution is 2.15. The van der Waals surface area contributed by atoms with E-state index in [1.807, 2.05) is 33.9 Å². The van der Waals surface area contributed by atoms with Gasteiger partial charge in [-0.3, -0.25) is 4.79 Å². The Bertz CT molecular complexity index is 533. The Morgan fingerprint density at radius 3 is 2.83 bits per heavy atom. The molecule has 98 valence electrons. The Hall–Kier alpha value is -1.43. The summed E-state index contributed by atoms with van der Waals surface area (Å²) in [6.45, 7) is 8.28. The zero-order chi connectivity index (χ0) is 13.3. The van der Waals surface area contributed by atoms with Crippen molar-refractivity contribution in [2.24, 2.45) is 5.41 Å². The van der Waals surface area contributed by atoms with Crippen LogP contribution < -0.4 is 5.32 Å². The molecular weight excluding hydrogens is 248 g/mol. The van der Waals surface area contributed by atoms with Crippen LogP contribution in [0.1, 0.15) is 31.5 Å². The van der Waals surface area contributed by atoms with Crippen molar-refractivity contribution >= 4 is 22.2 Å². The van der Waals surface area contributed by atoms with Crippen LogP contribution >= 0.6 is 11.3 Å². The van der Waals surface area contributed by atoms with E-state index in [0.717, 1.165) is 22.1 Å². The number of fused-ring (bicyclic) bond motifs is 1. The van der Waals surface area contributed by atoms with Gasteiger partial charge in [0.15, 0.2) is 0 Å². The number of carbonyl (C=O) groups excluding carboxylic acids is 1. The lowest BCUT2D eigenvalue weighted by atomic mass is 9.96. The Morgan fingerprint density at radius 2 is 2.22 bits per heavy atom. The lowest BCUT2D eigenvalue weighted by molar-refractivity contribution is -0.128. The smallest absolute Gasteiger partial charge is 0.225 e. The third-order valence-corrected chi connectivity index (χ3v) is 3.49. The third-order valence-electron chi connectivity index (χ3n) is 2.51. The molecule has 0 saturated heterocycles. The molecular formula is C12H18N4OS. The molecule has 0 saturated carbocycles. The maximum Gasteiger partial charge on any atom is 0.225 e. The average Bonchev–Trinajstić information content (AvgIpc) is 2.72. The molecule has 18 heavy (non-hydrogen) atoms. The molecule has 0 atom stereocenters. The minimum atomic E-state index is -0.339. The number of imidazole rings is 1. The molecule has 0 unspecified atom stereocenters. The van der Waals surface area contributed by atoms with Crippen LogP contribution in [0.4, 0.5) is 0 Å². The zero-order valence-electron chi connectivity index (χ0n) is 11.1. The highest BCUT2D eigenvalue weighted by atomic mass is 32.1. The predicted octanol–water partition coefficient (Wildman–Crippen LogP) is 1.80. The monoisotopic (exact) mass is 266 g/mol. The summed E-state index contributed by atoms with van der Waals surface area (Å²) in [5, 5.41) is 8.32. The van der Waals surface area contributed by atoms with Crippen LogP contribution in [-0.2, 0) is 11.2 Å². The second kappa shape index (κ2) is 4.68. The number of hydrogen-bond donors (Lipinski definition) is 1. The van der Waals surface area contributed by atoms with Crippen LogP contribution in [0.2, 0.25) is 0 Å². The first-order chi connectivity index (χ1) is 8.36. The molecule has 1 amide bonds. The van der Waals surface area contributed by atoms with Gasteiger partial charge in [0.05, 0.1) is 11.9 Å². The summed E-state index contributed by atoms with van der Waals surface area (Å²) < 4.78 is 1.79. The Kier molecular flexibility index (Phi) is 3.38. The average molecular weight is 266 g/mol. The van der Waals surface area contributed by atoms with Crippen LogP contribution in [0, 0.1) is 12.3 Å². The number of rotatable bonds is 3. The largest absolute Gasteiger partial charge is 0.355 e. The van der Waals surface area contributed by atoms with Gasteiger partial charge in [0.25, 0.3) is 0 Å². The number of hydrogen-bond acceptors (Lipinski definition) is 4. The molecule has 0 aromatic carbocycles. The van der Waals surface area contributed by atoms with Gasteiger partial charge >= 0.3 is 0 Å². The van der Waals surface area contributed by atoms with Gasteiger partial charge in [-0.2, -0.15) is 5.10 Å². The van der Waals surface area contributed by atoms with Crippen molar-refractivity contribution in [3.8, 4) is 0 Å². The van der Waals surface area contributed by atoms with Gasteiger partial charge in [-0.1, -0.05) is 32.1 Å². The number of aryl methyl sites for hydroxylation is 1. The van der Waals surface area contributed by atoms with Crippen LogP contribution in [0.25, 0.3) is 4.96 Å². The summed E-state index contributed by atoms with van der Waals surface area (Å²) in [5.41, 5.74) is 0.635. The Morgan fingerprint density at radius 1 is 1.50 bits per heavy atom. The van der Waals surface area contributed by atoms with E-state index in [4.69, 9.17) is 0 Å². The summed E-state index contributed by atoms with van der Waals surface area (Å²) in [6, 6.07) is 0. The van der Waals surface area contributed by atoms with Gasteiger partial charge in [-0.25, -0.2) is 9.50 Å². The molecule has 0 bridgehead atoms. The third kappa shape index (κ3) is 2.87. The van der Waals surface area contributed by atoms with E-state index in [-0.39, 0.29) is 11.3 Å². The van der Waals surface area contributed by atoms with Crippen molar-refractivity contribution in [1.82, 2.24) is 19.9 Å². The lowest BCUT2D eigenvalue weighted by Crippen LogP contribution is -2.35. The second-order valence-corrected chi connectivity index (χ2v) is 6.40. The van der Waals surface area contributed by atoms with Gasteiger partial charge in [0.1, 0.15) is 5.01 Å². The van der Waals surface area contributed by atoms with Crippen LogP contribution in [-0.4, -0.2) is 27.0 Å². The fraction of sp³-hybridized carbons (Fsp3) is 0.583. The molecule has 0 aliphatic rings. The molecule has 0 aliphatic heterocycles. The minimum Gasteiger partial charge on any atom is -0.355 e. The van der Waals surface area contributed by atoms with E-state index >= 15 is 0 Å².